The predicted octanol–water partition coefficient (Wildman–Crippen LogP) is 1.64. The van der Waals surface area contributed by atoms with Gasteiger partial charge in [-0.15, -0.1) is 11.3 Å². The zero-order valence-corrected chi connectivity index (χ0v) is 11.1. The Morgan fingerprint density at radius 1 is 1.61 bits per heavy atom. The molecule has 96 valence electrons. The summed E-state index contributed by atoms with van der Waals surface area (Å²) in [5.41, 5.74) is 1.64. The summed E-state index contributed by atoms with van der Waals surface area (Å²) in [4.78, 5) is 20.6. The molecule has 0 saturated heterocycles. The van der Waals surface area contributed by atoms with Crippen molar-refractivity contribution in [2.45, 2.75) is 32.9 Å². The average Bonchev–Trinajstić information content (AvgIpc) is 3.00. The SMILES string of the molecule is CCCn1ncnc1[C@@H](C)NC(=O)c1cncs1. The highest BCUT2D eigenvalue weighted by atomic mass is 32.1. The van der Waals surface area contributed by atoms with E-state index in [1.54, 1.807) is 11.7 Å². The maximum atomic E-state index is 11.9. The predicted molar refractivity (Wildman–Crippen MR) is 68.3 cm³/mol. The van der Waals surface area contributed by atoms with E-state index < -0.39 is 0 Å². The van der Waals surface area contributed by atoms with Gasteiger partial charge in [0.1, 0.15) is 17.0 Å². The van der Waals surface area contributed by atoms with Gasteiger partial charge < -0.3 is 5.32 Å². The number of carbonyl (C=O) groups excluding carboxylic acids is 1. The molecule has 0 bridgehead atoms. The van der Waals surface area contributed by atoms with Crippen LogP contribution in [-0.2, 0) is 6.54 Å². The summed E-state index contributed by atoms with van der Waals surface area (Å²) in [5.74, 6) is 0.644. The summed E-state index contributed by atoms with van der Waals surface area (Å²) in [6.45, 7) is 4.78. The Balaban J connectivity index is 2.05. The number of nitrogens with one attached hydrogen (secondary N) is 1. The van der Waals surface area contributed by atoms with Gasteiger partial charge in [0.05, 0.1) is 17.7 Å². The zero-order valence-electron chi connectivity index (χ0n) is 10.3. The molecule has 2 rings (SSSR count). The first-order chi connectivity index (χ1) is 8.72. The molecule has 0 aromatic carbocycles. The van der Waals surface area contributed by atoms with Crippen LogP contribution in [0.25, 0.3) is 0 Å². The quantitative estimate of drug-likeness (QED) is 0.892. The Morgan fingerprint density at radius 2 is 2.44 bits per heavy atom. The van der Waals surface area contributed by atoms with Gasteiger partial charge >= 0.3 is 0 Å². The molecule has 0 radical (unpaired) electrons. The number of carbonyl (C=O) groups is 1. The van der Waals surface area contributed by atoms with E-state index in [4.69, 9.17) is 0 Å². The Labute approximate surface area is 109 Å². The topological polar surface area (TPSA) is 72.7 Å². The average molecular weight is 265 g/mol. The highest BCUT2D eigenvalue weighted by Crippen LogP contribution is 2.12. The third-order valence-electron chi connectivity index (χ3n) is 2.47. The van der Waals surface area contributed by atoms with Crippen LogP contribution >= 0.6 is 11.3 Å². The summed E-state index contributed by atoms with van der Waals surface area (Å²) in [5, 5.41) is 7.03. The Kier molecular flexibility index (Phi) is 4.03. The number of hydrogen-bond acceptors (Lipinski definition) is 5. The van der Waals surface area contributed by atoms with Crippen LogP contribution in [0.15, 0.2) is 18.0 Å². The van der Waals surface area contributed by atoms with Gasteiger partial charge in [-0.1, -0.05) is 6.92 Å². The van der Waals surface area contributed by atoms with Gasteiger partial charge in [-0.3, -0.25) is 9.78 Å². The lowest BCUT2D eigenvalue weighted by atomic mass is 10.3. The molecule has 0 saturated carbocycles. The summed E-state index contributed by atoms with van der Waals surface area (Å²) < 4.78 is 1.82. The molecule has 2 heterocycles. The fourth-order valence-corrected chi connectivity index (χ4v) is 2.18. The molecule has 0 fully saturated rings. The summed E-state index contributed by atoms with van der Waals surface area (Å²) in [6, 6.07) is -0.173. The van der Waals surface area contributed by atoms with Crippen molar-refractivity contribution in [2.24, 2.45) is 0 Å². The molecule has 18 heavy (non-hydrogen) atoms. The molecule has 7 heteroatoms. The number of aryl methyl sites for hydroxylation is 1. The van der Waals surface area contributed by atoms with Crippen LogP contribution in [0.4, 0.5) is 0 Å². The Bertz CT molecular complexity index is 507. The van der Waals surface area contributed by atoms with Crippen molar-refractivity contribution in [1.29, 1.82) is 0 Å². The van der Waals surface area contributed by atoms with Gasteiger partial charge in [-0.25, -0.2) is 9.67 Å². The van der Waals surface area contributed by atoms with Crippen molar-refractivity contribution in [3.05, 3.63) is 28.7 Å². The van der Waals surface area contributed by atoms with Crippen molar-refractivity contribution < 1.29 is 4.79 Å². The van der Waals surface area contributed by atoms with Crippen LogP contribution < -0.4 is 5.32 Å². The van der Waals surface area contributed by atoms with E-state index >= 15 is 0 Å². The lowest BCUT2D eigenvalue weighted by Crippen LogP contribution is -2.28. The molecule has 1 atom stereocenters. The van der Waals surface area contributed by atoms with Crippen LogP contribution in [0.3, 0.4) is 0 Å². The second kappa shape index (κ2) is 5.72. The fraction of sp³-hybridized carbons (Fsp3) is 0.455. The van der Waals surface area contributed by atoms with E-state index in [9.17, 15) is 4.79 Å². The van der Waals surface area contributed by atoms with Crippen LogP contribution in [0.2, 0.25) is 0 Å². The highest BCUT2D eigenvalue weighted by molar-refractivity contribution is 7.11. The van der Waals surface area contributed by atoms with Crippen molar-refractivity contribution in [3.63, 3.8) is 0 Å². The first-order valence-electron chi connectivity index (χ1n) is 5.79. The van der Waals surface area contributed by atoms with Gasteiger partial charge in [0, 0.05) is 6.54 Å². The number of aromatic nitrogens is 4. The summed E-state index contributed by atoms with van der Waals surface area (Å²) >= 11 is 1.32. The molecule has 6 nitrogen and oxygen atoms in total. The van der Waals surface area contributed by atoms with E-state index in [1.807, 2.05) is 11.6 Å². The largest absolute Gasteiger partial charge is 0.342 e. The number of rotatable bonds is 5. The van der Waals surface area contributed by atoms with Gasteiger partial charge in [0.25, 0.3) is 5.91 Å². The second-order valence-electron chi connectivity index (χ2n) is 3.90. The van der Waals surface area contributed by atoms with Crippen molar-refractivity contribution in [2.75, 3.05) is 0 Å². The molecular weight excluding hydrogens is 250 g/mol. The first-order valence-corrected chi connectivity index (χ1v) is 6.67. The zero-order chi connectivity index (χ0) is 13.0. The van der Waals surface area contributed by atoms with E-state index in [0.717, 1.165) is 18.8 Å². The minimum Gasteiger partial charge on any atom is -0.342 e. The van der Waals surface area contributed by atoms with Crippen molar-refractivity contribution in [1.82, 2.24) is 25.1 Å². The molecule has 0 aliphatic rings. The lowest BCUT2D eigenvalue weighted by molar-refractivity contribution is 0.0941. The lowest BCUT2D eigenvalue weighted by Gasteiger charge is -2.13. The van der Waals surface area contributed by atoms with Crippen LogP contribution in [-0.4, -0.2) is 25.7 Å². The molecule has 1 amide bonds. The Hall–Kier alpha value is -1.76. The minimum absolute atomic E-state index is 0.129. The van der Waals surface area contributed by atoms with E-state index in [0.29, 0.717) is 4.88 Å². The van der Waals surface area contributed by atoms with E-state index in [-0.39, 0.29) is 11.9 Å². The normalized spacial score (nSPS) is 12.3. The molecule has 2 aromatic heterocycles. The summed E-state index contributed by atoms with van der Waals surface area (Å²) in [6.07, 6.45) is 4.05. The molecule has 0 aliphatic carbocycles. The van der Waals surface area contributed by atoms with Crippen molar-refractivity contribution in [3.8, 4) is 0 Å². The van der Waals surface area contributed by atoms with E-state index in [2.05, 4.69) is 27.3 Å². The number of nitrogens with zero attached hydrogens (tertiary/aromatic N) is 4. The molecule has 0 unspecified atom stereocenters. The van der Waals surface area contributed by atoms with Gasteiger partial charge in [-0.2, -0.15) is 5.10 Å². The summed E-state index contributed by atoms with van der Waals surface area (Å²) in [7, 11) is 0. The van der Waals surface area contributed by atoms with Gasteiger partial charge in [-0.05, 0) is 13.3 Å². The second-order valence-corrected chi connectivity index (χ2v) is 4.79. The third-order valence-corrected chi connectivity index (χ3v) is 3.24. The van der Waals surface area contributed by atoms with E-state index in [1.165, 1.54) is 17.7 Å². The molecule has 1 N–H and O–H groups in total. The number of thiazole rings is 1. The molecule has 2 aromatic rings. The standard InChI is InChI=1S/C11H15N5OS/c1-3-4-16-10(13-6-14-16)8(2)15-11(17)9-5-12-7-18-9/h5-8H,3-4H2,1-2H3,(H,15,17)/t8-/m1/s1. The smallest absolute Gasteiger partial charge is 0.263 e. The maximum Gasteiger partial charge on any atom is 0.263 e. The monoisotopic (exact) mass is 265 g/mol. The van der Waals surface area contributed by atoms with Crippen LogP contribution in [0.1, 0.15) is 41.8 Å². The fourth-order valence-electron chi connectivity index (χ4n) is 1.65. The first kappa shape index (κ1) is 12.7. The molecule has 0 spiro atoms. The number of amides is 1. The van der Waals surface area contributed by atoms with Gasteiger partial charge in [0.2, 0.25) is 0 Å². The van der Waals surface area contributed by atoms with Gasteiger partial charge in [0.15, 0.2) is 0 Å². The number of hydrogen-bond donors (Lipinski definition) is 1. The van der Waals surface area contributed by atoms with Crippen molar-refractivity contribution >= 4 is 17.2 Å². The van der Waals surface area contributed by atoms with Crippen LogP contribution in [0, 0.1) is 0 Å². The molecular formula is C11H15N5OS. The minimum atomic E-state index is -0.173. The maximum absolute atomic E-state index is 11.9. The third kappa shape index (κ3) is 2.73. The molecule has 0 aliphatic heterocycles. The Morgan fingerprint density at radius 3 is 3.11 bits per heavy atom. The van der Waals surface area contributed by atoms with Crippen LogP contribution in [0.5, 0.6) is 0 Å². The highest BCUT2D eigenvalue weighted by Gasteiger charge is 2.16.